The number of aliphatic carboxylic acids is 1. The molecule has 3 nitrogen and oxygen atoms in total. The molecule has 2 rings (SSSR count). The Morgan fingerprint density at radius 1 is 1.11 bits per heavy atom. The summed E-state index contributed by atoms with van der Waals surface area (Å²) in [6.45, 7) is 5.42. The van der Waals surface area contributed by atoms with Gasteiger partial charge in [-0.1, -0.05) is 56.3 Å². The molecule has 0 aromatic heterocycles. The molecular formula is C16H19NO2. The first-order chi connectivity index (χ1) is 9.19. The van der Waals surface area contributed by atoms with Crippen molar-refractivity contribution in [2.45, 2.75) is 19.9 Å². The lowest BCUT2D eigenvalue weighted by molar-refractivity contribution is -0.143. The lowest BCUT2D eigenvalue weighted by atomic mass is 10.0. The van der Waals surface area contributed by atoms with Gasteiger partial charge in [0.15, 0.2) is 0 Å². The van der Waals surface area contributed by atoms with Crippen molar-refractivity contribution in [1.29, 1.82) is 0 Å². The van der Waals surface area contributed by atoms with E-state index in [0.29, 0.717) is 0 Å². The van der Waals surface area contributed by atoms with Crippen molar-refractivity contribution >= 4 is 5.97 Å². The van der Waals surface area contributed by atoms with Gasteiger partial charge in [0, 0.05) is 0 Å². The highest BCUT2D eigenvalue weighted by molar-refractivity contribution is 5.82. The monoisotopic (exact) mass is 257 g/mol. The van der Waals surface area contributed by atoms with Gasteiger partial charge in [-0.25, -0.2) is 0 Å². The van der Waals surface area contributed by atoms with Crippen molar-refractivity contribution in [2.75, 3.05) is 13.1 Å². The molecule has 0 aromatic carbocycles. The molecule has 0 heterocycles. The molecule has 0 saturated heterocycles. The average molecular weight is 257 g/mol. The van der Waals surface area contributed by atoms with Crippen LogP contribution < -0.4 is 0 Å². The molecule has 0 aromatic rings. The average Bonchev–Trinajstić information content (AvgIpc) is 2.64. The summed E-state index contributed by atoms with van der Waals surface area (Å²) < 4.78 is 0. The zero-order valence-corrected chi connectivity index (χ0v) is 11.3. The largest absolute Gasteiger partial charge is 0.480 e. The molecule has 1 atom stereocenters. The van der Waals surface area contributed by atoms with Crippen LogP contribution in [0.1, 0.15) is 25.5 Å². The summed E-state index contributed by atoms with van der Waals surface area (Å²) >= 11 is 0. The highest BCUT2D eigenvalue weighted by Crippen LogP contribution is 2.34. The third-order valence-electron chi connectivity index (χ3n) is 3.53. The molecule has 0 fully saturated rings. The first-order valence-corrected chi connectivity index (χ1v) is 6.63. The topological polar surface area (TPSA) is 40.5 Å². The predicted molar refractivity (Wildman–Crippen MR) is 76.4 cm³/mol. The Labute approximate surface area is 113 Å². The van der Waals surface area contributed by atoms with E-state index in [0.717, 1.165) is 29.8 Å². The fourth-order valence-corrected chi connectivity index (χ4v) is 2.55. The lowest BCUT2D eigenvalue weighted by Gasteiger charge is -2.26. The van der Waals surface area contributed by atoms with Crippen molar-refractivity contribution in [1.82, 2.24) is 4.90 Å². The molecule has 1 unspecified atom stereocenters. The first kappa shape index (κ1) is 13.6. The number of hydrogen-bond donors (Lipinski definition) is 1. The number of fused-ring (bicyclic) bond motifs is 1. The Balaban J connectivity index is 2.50. The van der Waals surface area contributed by atoms with Gasteiger partial charge in [-0.15, -0.1) is 0 Å². The van der Waals surface area contributed by atoms with Crippen LogP contribution in [0.4, 0.5) is 0 Å². The van der Waals surface area contributed by atoms with Crippen LogP contribution in [-0.2, 0) is 4.79 Å². The summed E-state index contributed by atoms with van der Waals surface area (Å²) in [7, 11) is 0. The SMILES string of the molecule is CCN(CC)C(C(=O)O)c1ccc2cccccc1-2. The van der Waals surface area contributed by atoms with Gasteiger partial charge in [0.1, 0.15) is 6.04 Å². The van der Waals surface area contributed by atoms with E-state index in [2.05, 4.69) is 0 Å². The highest BCUT2D eigenvalue weighted by Gasteiger charge is 2.28. The zero-order chi connectivity index (χ0) is 13.8. The third kappa shape index (κ3) is 2.61. The molecule has 2 aliphatic carbocycles. The van der Waals surface area contributed by atoms with Crippen molar-refractivity contribution < 1.29 is 9.90 Å². The number of likely N-dealkylation sites (N-methyl/N-ethyl adjacent to an activating group) is 1. The summed E-state index contributed by atoms with van der Waals surface area (Å²) in [6.07, 6.45) is 0. The van der Waals surface area contributed by atoms with Crippen molar-refractivity contribution in [2.24, 2.45) is 0 Å². The maximum absolute atomic E-state index is 11.6. The number of nitrogens with zero attached hydrogens (tertiary/aromatic N) is 1. The Morgan fingerprint density at radius 2 is 1.79 bits per heavy atom. The number of hydrogen-bond acceptors (Lipinski definition) is 2. The smallest absolute Gasteiger partial charge is 0.325 e. The zero-order valence-electron chi connectivity index (χ0n) is 11.3. The maximum Gasteiger partial charge on any atom is 0.325 e. The van der Waals surface area contributed by atoms with Gasteiger partial charge < -0.3 is 5.11 Å². The Morgan fingerprint density at radius 3 is 2.42 bits per heavy atom. The van der Waals surface area contributed by atoms with Crippen molar-refractivity contribution in [3.05, 3.63) is 48.0 Å². The van der Waals surface area contributed by atoms with Crippen LogP contribution in [0.5, 0.6) is 0 Å². The lowest BCUT2D eigenvalue weighted by Crippen LogP contribution is -2.33. The van der Waals surface area contributed by atoms with E-state index in [9.17, 15) is 9.90 Å². The molecule has 100 valence electrons. The van der Waals surface area contributed by atoms with E-state index < -0.39 is 12.0 Å². The molecule has 0 radical (unpaired) electrons. The Kier molecular flexibility index (Phi) is 4.17. The van der Waals surface area contributed by atoms with Gasteiger partial charge in [0.05, 0.1) is 0 Å². The van der Waals surface area contributed by atoms with Gasteiger partial charge >= 0.3 is 5.97 Å². The number of carboxylic acids is 1. The second-order valence-electron chi connectivity index (χ2n) is 4.53. The van der Waals surface area contributed by atoms with Crippen LogP contribution in [0.3, 0.4) is 0 Å². The van der Waals surface area contributed by atoms with Gasteiger partial charge in [-0.2, -0.15) is 0 Å². The van der Waals surface area contributed by atoms with Crippen molar-refractivity contribution in [3.8, 4) is 11.1 Å². The minimum absolute atomic E-state index is 0.574. The normalized spacial score (nSPS) is 12.8. The second kappa shape index (κ2) is 5.85. The van der Waals surface area contributed by atoms with Gasteiger partial charge in [-0.05, 0) is 29.8 Å². The molecule has 3 heteroatoms. The van der Waals surface area contributed by atoms with E-state index in [4.69, 9.17) is 0 Å². The van der Waals surface area contributed by atoms with Gasteiger partial charge in [-0.3, -0.25) is 9.69 Å². The molecule has 0 amide bonds. The third-order valence-corrected chi connectivity index (χ3v) is 3.53. The Bertz CT molecular complexity index is 534. The van der Waals surface area contributed by atoms with E-state index in [1.807, 2.05) is 61.2 Å². The Hall–Kier alpha value is -1.87. The van der Waals surface area contributed by atoms with Crippen LogP contribution in [-0.4, -0.2) is 29.1 Å². The summed E-state index contributed by atoms with van der Waals surface area (Å²) in [5, 5.41) is 9.56. The molecule has 1 N–H and O–H groups in total. The first-order valence-electron chi connectivity index (χ1n) is 6.63. The number of carbonyl (C=O) groups is 1. The van der Waals surface area contributed by atoms with Crippen LogP contribution in [0, 0.1) is 0 Å². The summed E-state index contributed by atoms with van der Waals surface area (Å²) in [5.74, 6) is -0.789. The molecular weight excluding hydrogens is 238 g/mol. The minimum Gasteiger partial charge on any atom is -0.480 e. The van der Waals surface area contributed by atoms with E-state index in [-0.39, 0.29) is 0 Å². The fraction of sp³-hybridized carbons (Fsp3) is 0.312. The van der Waals surface area contributed by atoms with Crippen LogP contribution in [0.2, 0.25) is 0 Å². The minimum atomic E-state index is -0.789. The predicted octanol–water partition coefficient (Wildman–Crippen LogP) is 3.26. The van der Waals surface area contributed by atoms with Gasteiger partial charge in [0.25, 0.3) is 0 Å². The molecule has 19 heavy (non-hydrogen) atoms. The van der Waals surface area contributed by atoms with E-state index in [1.165, 1.54) is 0 Å². The molecule has 0 aliphatic heterocycles. The molecule has 2 aliphatic rings. The van der Waals surface area contributed by atoms with Gasteiger partial charge in [0.2, 0.25) is 0 Å². The van der Waals surface area contributed by atoms with E-state index >= 15 is 0 Å². The van der Waals surface area contributed by atoms with Crippen LogP contribution in [0.25, 0.3) is 11.1 Å². The van der Waals surface area contributed by atoms with Crippen molar-refractivity contribution in [3.63, 3.8) is 0 Å². The summed E-state index contributed by atoms with van der Waals surface area (Å²) in [4.78, 5) is 13.6. The standard InChI is InChI=1S/C16H19NO2/c1-3-17(4-2)15(16(18)19)14-11-10-12-8-6-5-7-9-13(12)14/h5-11,15H,3-4H2,1-2H3,(H,18,19). The summed E-state index contributed by atoms with van der Waals surface area (Å²) in [5.41, 5.74) is 2.98. The fourth-order valence-electron chi connectivity index (χ4n) is 2.55. The van der Waals surface area contributed by atoms with Crippen LogP contribution in [0.15, 0.2) is 42.5 Å². The summed E-state index contributed by atoms with van der Waals surface area (Å²) in [6, 6.07) is 13.2. The number of carboxylic acid groups (broad SMARTS) is 1. The second-order valence-corrected chi connectivity index (χ2v) is 4.53. The quantitative estimate of drug-likeness (QED) is 0.893. The number of rotatable bonds is 5. The van der Waals surface area contributed by atoms with E-state index in [1.54, 1.807) is 0 Å². The van der Waals surface area contributed by atoms with Crippen LogP contribution >= 0.6 is 0 Å². The molecule has 0 spiro atoms. The highest BCUT2D eigenvalue weighted by atomic mass is 16.4. The maximum atomic E-state index is 11.6. The molecule has 0 bridgehead atoms. The molecule has 0 saturated carbocycles.